The molecule has 0 N–H and O–H groups in total. The molecule has 72 valence electrons. The second-order valence-electron chi connectivity index (χ2n) is 3.10. The van der Waals surface area contributed by atoms with E-state index in [-0.39, 0.29) is 0 Å². The minimum absolute atomic E-state index is 0.942. The number of rotatable bonds is 3. The summed E-state index contributed by atoms with van der Waals surface area (Å²) in [6, 6.07) is 0. The summed E-state index contributed by atoms with van der Waals surface area (Å²) in [7, 11) is 1.96. The van der Waals surface area contributed by atoms with Crippen molar-refractivity contribution in [2.75, 3.05) is 5.33 Å². The van der Waals surface area contributed by atoms with Crippen LogP contribution in [0.2, 0.25) is 0 Å². The van der Waals surface area contributed by atoms with Crippen LogP contribution >= 0.6 is 15.9 Å². The van der Waals surface area contributed by atoms with Crippen molar-refractivity contribution in [1.29, 1.82) is 0 Å². The van der Waals surface area contributed by atoms with Gasteiger partial charge in [-0.1, -0.05) is 34.5 Å². The Morgan fingerprint density at radius 2 is 2.38 bits per heavy atom. The molecule has 0 aliphatic heterocycles. The predicted molar refractivity (Wildman–Crippen MR) is 60.0 cm³/mol. The fourth-order valence-electron chi connectivity index (χ4n) is 1.11. The SMILES string of the molecule is CCC(=Cc1cnn(C)c1C)CBr. The fraction of sp³-hybridized carbons (Fsp3) is 0.500. The third-order valence-electron chi connectivity index (χ3n) is 2.26. The average molecular weight is 243 g/mol. The Morgan fingerprint density at radius 3 is 2.77 bits per heavy atom. The topological polar surface area (TPSA) is 17.8 Å². The zero-order valence-electron chi connectivity index (χ0n) is 8.34. The van der Waals surface area contributed by atoms with Crippen LogP contribution in [0.15, 0.2) is 11.8 Å². The minimum Gasteiger partial charge on any atom is -0.272 e. The lowest BCUT2D eigenvalue weighted by Crippen LogP contribution is -1.92. The van der Waals surface area contributed by atoms with Gasteiger partial charge < -0.3 is 0 Å². The summed E-state index contributed by atoms with van der Waals surface area (Å²) in [5.41, 5.74) is 3.84. The van der Waals surface area contributed by atoms with E-state index in [0.717, 1.165) is 11.8 Å². The van der Waals surface area contributed by atoms with E-state index < -0.39 is 0 Å². The molecule has 0 unspecified atom stereocenters. The Balaban J connectivity index is 2.95. The van der Waals surface area contributed by atoms with E-state index in [1.54, 1.807) is 0 Å². The molecule has 0 radical (unpaired) electrons. The van der Waals surface area contributed by atoms with Crippen LogP contribution < -0.4 is 0 Å². The summed E-state index contributed by atoms with van der Waals surface area (Å²) in [6.07, 6.45) is 5.20. The third-order valence-corrected chi connectivity index (χ3v) is 2.98. The highest BCUT2D eigenvalue weighted by Gasteiger charge is 2.01. The van der Waals surface area contributed by atoms with Crippen LogP contribution in [0.1, 0.15) is 24.6 Å². The fourth-order valence-corrected chi connectivity index (χ4v) is 1.67. The summed E-state index contributed by atoms with van der Waals surface area (Å²) in [6.45, 7) is 4.25. The molecule has 0 saturated carbocycles. The quantitative estimate of drug-likeness (QED) is 0.746. The first-order valence-electron chi connectivity index (χ1n) is 4.43. The summed E-state index contributed by atoms with van der Waals surface area (Å²) in [5, 5.41) is 5.14. The zero-order chi connectivity index (χ0) is 9.84. The Bertz CT molecular complexity index is 307. The van der Waals surface area contributed by atoms with E-state index in [1.807, 2.05) is 17.9 Å². The molecule has 0 amide bonds. The van der Waals surface area contributed by atoms with Crippen molar-refractivity contribution < 1.29 is 0 Å². The van der Waals surface area contributed by atoms with Gasteiger partial charge in [-0.25, -0.2) is 0 Å². The second kappa shape index (κ2) is 4.61. The maximum absolute atomic E-state index is 4.19. The molecule has 0 saturated heterocycles. The van der Waals surface area contributed by atoms with Gasteiger partial charge in [0.2, 0.25) is 0 Å². The number of hydrogen-bond acceptors (Lipinski definition) is 1. The summed E-state index contributed by atoms with van der Waals surface area (Å²) >= 11 is 3.47. The molecule has 1 rings (SSSR count). The van der Waals surface area contributed by atoms with Crippen LogP contribution in [0, 0.1) is 6.92 Å². The lowest BCUT2D eigenvalue weighted by molar-refractivity contribution is 0.740. The Morgan fingerprint density at radius 1 is 1.69 bits per heavy atom. The maximum atomic E-state index is 4.19. The molecule has 0 bridgehead atoms. The van der Waals surface area contributed by atoms with Gasteiger partial charge in [-0.05, 0) is 13.3 Å². The van der Waals surface area contributed by atoms with Crippen molar-refractivity contribution in [2.24, 2.45) is 7.05 Å². The number of nitrogens with zero attached hydrogens (tertiary/aromatic N) is 2. The van der Waals surface area contributed by atoms with E-state index in [1.165, 1.54) is 16.8 Å². The lowest BCUT2D eigenvalue weighted by atomic mass is 10.1. The van der Waals surface area contributed by atoms with Crippen molar-refractivity contribution in [3.05, 3.63) is 23.0 Å². The molecule has 1 aromatic heterocycles. The largest absolute Gasteiger partial charge is 0.272 e. The van der Waals surface area contributed by atoms with Crippen LogP contribution in [-0.2, 0) is 7.05 Å². The number of alkyl halides is 1. The molecule has 3 heteroatoms. The average Bonchev–Trinajstić information content (AvgIpc) is 2.45. The number of aromatic nitrogens is 2. The summed E-state index contributed by atoms with van der Waals surface area (Å²) < 4.78 is 1.90. The maximum Gasteiger partial charge on any atom is 0.0564 e. The van der Waals surface area contributed by atoms with Gasteiger partial charge in [0.25, 0.3) is 0 Å². The number of halogens is 1. The highest BCUT2D eigenvalue weighted by Crippen LogP contribution is 2.14. The Hall–Kier alpha value is -0.570. The highest BCUT2D eigenvalue weighted by molar-refractivity contribution is 9.09. The van der Waals surface area contributed by atoms with Crippen molar-refractivity contribution in [3.63, 3.8) is 0 Å². The molecule has 0 aromatic carbocycles. The normalized spacial score (nSPS) is 12.2. The second-order valence-corrected chi connectivity index (χ2v) is 3.66. The third kappa shape index (κ3) is 2.44. The number of allylic oxidation sites excluding steroid dienone is 1. The van der Waals surface area contributed by atoms with Gasteiger partial charge in [-0.2, -0.15) is 5.10 Å². The van der Waals surface area contributed by atoms with Gasteiger partial charge in [0.1, 0.15) is 0 Å². The van der Waals surface area contributed by atoms with Gasteiger partial charge >= 0.3 is 0 Å². The smallest absolute Gasteiger partial charge is 0.0564 e. The highest BCUT2D eigenvalue weighted by atomic mass is 79.9. The van der Waals surface area contributed by atoms with Crippen molar-refractivity contribution >= 4 is 22.0 Å². The molecular formula is C10H15BrN2. The molecule has 0 aliphatic rings. The zero-order valence-corrected chi connectivity index (χ0v) is 9.93. The van der Waals surface area contributed by atoms with Crippen LogP contribution in [0.25, 0.3) is 6.08 Å². The monoisotopic (exact) mass is 242 g/mol. The van der Waals surface area contributed by atoms with E-state index in [0.29, 0.717) is 0 Å². The number of hydrogen-bond donors (Lipinski definition) is 0. The lowest BCUT2D eigenvalue weighted by Gasteiger charge is -1.99. The molecule has 13 heavy (non-hydrogen) atoms. The van der Waals surface area contributed by atoms with Gasteiger partial charge in [0.15, 0.2) is 0 Å². The summed E-state index contributed by atoms with van der Waals surface area (Å²) in [5.74, 6) is 0. The Kier molecular flexibility index (Phi) is 3.72. The molecule has 0 spiro atoms. The summed E-state index contributed by atoms with van der Waals surface area (Å²) in [4.78, 5) is 0. The first-order chi connectivity index (χ1) is 6.19. The molecule has 1 aromatic rings. The molecule has 1 heterocycles. The van der Waals surface area contributed by atoms with Crippen LogP contribution in [-0.4, -0.2) is 15.1 Å². The van der Waals surface area contributed by atoms with Crippen molar-refractivity contribution in [2.45, 2.75) is 20.3 Å². The van der Waals surface area contributed by atoms with E-state index >= 15 is 0 Å². The molecule has 0 aliphatic carbocycles. The van der Waals surface area contributed by atoms with Gasteiger partial charge in [-0.15, -0.1) is 0 Å². The molecular weight excluding hydrogens is 228 g/mol. The van der Waals surface area contributed by atoms with Gasteiger partial charge in [0, 0.05) is 23.6 Å². The minimum atomic E-state index is 0.942. The standard InChI is InChI=1S/C10H15BrN2/c1-4-9(6-11)5-10-7-12-13(3)8(10)2/h5,7H,4,6H2,1-3H3. The number of aryl methyl sites for hydroxylation is 1. The van der Waals surface area contributed by atoms with E-state index in [9.17, 15) is 0 Å². The van der Waals surface area contributed by atoms with E-state index in [2.05, 4.69) is 41.0 Å². The van der Waals surface area contributed by atoms with E-state index in [4.69, 9.17) is 0 Å². The van der Waals surface area contributed by atoms with Gasteiger partial charge in [0.05, 0.1) is 6.20 Å². The van der Waals surface area contributed by atoms with Crippen LogP contribution in [0.3, 0.4) is 0 Å². The molecule has 0 fully saturated rings. The first-order valence-corrected chi connectivity index (χ1v) is 5.55. The van der Waals surface area contributed by atoms with Crippen molar-refractivity contribution in [1.82, 2.24) is 9.78 Å². The van der Waals surface area contributed by atoms with Crippen LogP contribution in [0.5, 0.6) is 0 Å². The van der Waals surface area contributed by atoms with Gasteiger partial charge in [-0.3, -0.25) is 4.68 Å². The van der Waals surface area contributed by atoms with Crippen LogP contribution in [0.4, 0.5) is 0 Å². The predicted octanol–water partition coefficient (Wildman–Crippen LogP) is 2.92. The van der Waals surface area contributed by atoms with Crippen molar-refractivity contribution in [3.8, 4) is 0 Å². The first kappa shape index (κ1) is 10.5. The molecule has 2 nitrogen and oxygen atoms in total. The Labute approximate surface area is 87.8 Å². The molecule has 0 atom stereocenters.